The molecule has 1 heterocycles. The molecule has 21 heavy (non-hydrogen) atoms. The van der Waals surface area contributed by atoms with Crippen LogP contribution in [0.1, 0.15) is 36.5 Å². The van der Waals surface area contributed by atoms with Crippen molar-refractivity contribution in [3.63, 3.8) is 0 Å². The van der Waals surface area contributed by atoms with Gasteiger partial charge in [-0.05, 0) is 55.0 Å². The number of nitrogens with one attached hydrogen (secondary N) is 1. The topological polar surface area (TPSA) is 24.9 Å². The number of hydrogen-bond donors (Lipinski definition) is 1. The molecule has 0 saturated heterocycles. The maximum Gasteiger partial charge on any atom is 0.129 e. The maximum absolute atomic E-state index is 4.46. The van der Waals surface area contributed by atoms with E-state index < -0.39 is 0 Å². The zero-order chi connectivity index (χ0) is 14.5. The first-order chi connectivity index (χ1) is 10.4. The summed E-state index contributed by atoms with van der Waals surface area (Å²) in [6, 6.07) is 11.2. The Hall–Kier alpha value is -1.48. The predicted molar refractivity (Wildman–Crippen MR) is 91.0 cm³/mol. The lowest BCUT2D eigenvalue weighted by Crippen LogP contribution is -2.04. The molecule has 1 aliphatic rings. The van der Waals surface area contributed by atoms with Gasteiger partial charge >= 0.3 is 0 Å². The fourth-order valence-corrected chi connectivity index (χ4v) is 3.70. The SMILES string of the molecule is CCCNc1ncccc1CSc1ccc2c(c1)CCC2. The quantitative estimate of drug-likeness (QED) is 0.783. The van der Waals surface area contributed by atoms with E-state index in [9.17, 15) is 0 Å². The van der Waals surface area contributed by atoms with Crippen molar-refractivity contribution < 1.29 is 0 Å². The summed E-state index contributed by atoms with van der Waals surface area (Å²) in [7, 11) is 0. The number of aromatic nitrogens is 1. The van der Waals surface area contributed by atoms with Crippen LogP contribution < -0.4 is 5.32 Å². The first-order valence-electron chi connectivity index (χ1n) is 7.79. The number of fused-ring (bicyclic) bond motifs is 1. The molecule has 0 atom stereocenters. The number of anilines is 1. The first-order valence-corrected chi connectivity index (χ1v) is 8.77. The third-order valence-corrected chi connectivity index (χ3v) is 4.94. The van der Waals surface area contributed by atoms with E-state index in [0.717, 1.165) is 24.5 Å². The fourth-order valence-electron chi connectivity index (χ4n) is 2.76. The third-order valence-electron chi connectivity index (χ3n) is 3.90. The van der Waals surface area contributed by atoms with Gasteiger partial charge in [0.15, 0.2) is 0 Å². The lowest BCUT2D eigenvalue weighted by atomic mass is 10.1. The second-order valence-corrected chi connectivity index (χ2v) is 6.56. The average molecular weight is 298 g/mol. The number of aryl methyl sites for hydroxylation is 2. The molecule has 110 valence electrons. The average Bonchev–Trinajstić information content (AvgIpc) is 2.99. The Morgan fingerprint density at radius 1 is 1.19 bits per heavy atom. The summed E-state index contributed by atoms with van der Waals surface area (Å²) in [4.78, 5) is 5.84. The summed E-state index contributed by atoms with van der Waals surface area (Å²) in [5, 5.41) is 3.42. The molecule has 0 spiro atoms. The van der Waals surface area contributed by atoms with Crippen LogP contribution in [-0.4, -0.2) is 11.5 Å². The molecular formula is C18H22N2S. The minimum absolute atomic E-state index is 0.971. The molecule has 2 aromatic rings. The maximum atomic E-state index is 4.46. The second-order valence-electron chi connectivity index (χ2n) is 5.51. The van der Waals surface area contributed by atoms with E-state index in [4.69, 9.17) is 0 Å². The molecule has 0 radical (unpaired) electrons. The fraction of sp³-hybridized carbons (Fsp3) is 0.389. The number of hydrogen-bond acceptors (Lipinski definition) is 3. The lowest BCUT2D eigenvalue weighted by molar-refractivity contribution is 0.911. The summed E-state index contributed by atoms with van der Waals surface area (Å²) in [6.07, 6.45) is 6.81. The van der Waals surface area contributed by atoms with E-state index in [2.05, 4.69) is 41.5 Å². The highest BCUT2D eigenvalue weighted by atomic mass is 32.2. The molecule has 2 nitrogen and oxygen atoms in total. The summed E-state index contributed by atoms with van der Waals surface area (Å²) < 4.78 is 0. The zero-order valence-corrected chi connectivity index (χ0v) is 13.4. The highest BCUT2D eigenvalue weighted by Crippen LogP contribution is 2.30. The van der Waals surface area contributed by atoms with Crippen LogP contribution in [0.2, 0.25) is 0 Å². The normalized spacial score (nSPS) is 13.2. The minimum atomic E-state index is 0.971. The van der Waals surface area contributed by atoms with Crippen molar-refractivity contribution in [2.75, 3.05) is 11.9 Å². The highest BCUT2D eigenvalue weighted by Gasteiger charge is 2.11. The molecule has 1 aromatic carbocycles. The van der Waals surface area contributed by atoms with Gasteiger partial charge in [0.1, 0.15) is 5.82 Å². The molecular weight excluding hydrogens is 276 g/mol. The number of nitrogens with zero attached hydrogens (tertiary/aromatic N) is 1. The van der Waals surface area contributed by atoms with Crippen molar-refractivity contribution in [3.8, 4) is 0 Å². The van der Waals surface area contributed by atoms with Crippen LogP contribution >= 0.6 is 11.8 Å². The smallest absolute Gasteiger partial charge is 0.129 e. The van der Waals surface area contributed by atoms with Crippen LogP contribution in [0.4, 0.5) is 5.82 Å². The number of benzene rings is 1. The molecule has 0 fully saturated rings. The molecule has 0 unspecified atom stereocenters. The summed E-state index contributed by atoms with van der Waals surface area (Å²) in [5.74, 6) is 2.01. The van der Waals surface area contributed by atoms with Gasteiger partial charge < -0.3 is 5.32 Å². The van der Waals surface area contributed by atoms with E-state index in [-0.39, 0.29) is 0 Å². The van der Waals surface area contributed by atoms with E-state index in [1.54, 1.807) is 11.1 Å². The molecule has 1 aliphatic carbocycles. The number of pyridine rings is 1. The monoisotopic (exact) mass is 298 g/mol. The van der Waals surface area contributed by atoms with Crippen molar-refractivity contribution in [1.29, 1.82) is 0 Å². The Balaban J connectivity index is 1.67. The second kappa shape index (κ2) is 6.99. The van der Waals surface area contributed by atoms with E-state index >= 15 is 0 Å². The molecule has 0 bridgehead atoms. The Bertz CT molecular complexity index is 610. The molecule has 0 aliphatic heterocycles. The predicted octanol–water partition coefficient (Wildman–Crippen LogP) is 4.68. The standard InChI is InChI=1S/C18H22N2S/c1-2-10-19-18-16(7-4-11-20-18)13-21-17-9-8-14-5-3-6-15(14)12-17/h4,7-9,11-12H,2-3,5-6,10,13H2,1H3,(H,19,20). The van der Waals surface area contributed by atoms with Gasteiger partial charge in [-0.3, -0.25) is 0 Å². The first kappa shape index (κ1) is 14.5. The van der Waals surface area contributed by atoms with Crippen LogP contribution in [0.3, 0.4) is 0 Å². The highest BCUT2D eigenvalue weighted by molar-refractivity contribution is 7.98. The van der Waals surface area contributed by atoms with Crippen LogP contribution in [0.5, 0.6) is 0 Å². The van der Waals surface area contributed by atoms with E-state index in [1.165, 1.54) is 29.7 Å². The van der Waals surface area contributed by atoms with Crippen molar-refractivity contribution in [2.24, 2.45) is 0 Å². The van der Waals surface area contributed by atoms with Crippen molar-refractivity contribution >= 4 is 17.6 Å². The van der Waals surface area contributed by atoms with Gasteiger partial charge in [-0.2, -0.15) is 0 Å². The van der Waals surface area contributed by atoms with Gasteiger partial charge in [-0.25, -0.2) is 4.98 Å². The largest absolute Gasteiger partial charge is 0.370 e. The molecule has 0 saturated carbocycles. The number of thioether (sulfide) groups is 1. The molecule has 0 amide bonds. The van der Waals surface area contributed by atoms with Crippen LogP contribution in [0, 0.1) is 0 Å². The third kappa shape index (κ3) is 3.59. The zero-order valence-electron chi connectivity index (χ0n) is 12.6. The van der Waals surface area contributed by atoms with Crippen LogP contribution in [0.25, 0.3) is 0 Å². The van der Waals surface area contributed by atoms with Gasteiger partial charge in [0, 0.05) is 29.0 Å². The Labute approximate surface area is 131 Å². The van der Waals surface area contributed by atoms with Gasteiger partial charge in [0.2, 0.25) is 0 Å². The van der Waals surface area contributed by atoms with E-state index in [1.807, 2.05) is 24.0 Å². The lowest BCUT2D eigenvalue weighted by Gasteiger charge is -2.10. The Kier molecular flexibility index (Phi) is 4.81. The van der Waals surface area contributed by atoms with Gasteiger partial charge in [0.25, 0.3) is 0 Å². The van der Waals surface area contributed by atoms with E-state index in [0.29, 0.717) is 0 Å². The summed E-state index contributed by atoms with van der Waals surface area (Å²) in [5.41, 5.74) is 4.39. The number of rotatable bonds is 6. The van der Waals surface area contributed by atoms with Gasteiger partial charge in [-0.1, -0.05) is 19.1 Å². The molecule has 3 heteroatoms. The van der Waals surface area contributed by atoms with Gasteiger partial charge in [-0.15, -0.1) is 11.8 Å². The van der Waals surface area contributed by atoms with Crippen molar-refractivity contribution in [3.05, 3.63) is 53.2 Å². The Morgan fingerprint density at radius 2 is 2.10 bits per heavy atom. The molecule has 1 N–H and O–H groups in total. The minimum Gasteiger partial charge on any atom is -0.370 e. The van der Waals surface area contributed by atoms with Crippen molar-refractivity contribution in [1.82, 2.24) is 4.98 Å². The summed E-state index contributed by atoms with van der Waals surface area (Å²) >= 11 is 1.91. The van der Waals surface area contributed by atoms with Gasteiger partial charge in [0.05, 0.1) is 0 Å². The summed E-state index contributed by atoms with van der Waals surface area (Å²) in [6.45, 7) is 3.16. The van der Waals surface area contributed by atoms with Crippen molar-refractivity contribution in [2.45, 2.75) is 43.3 Å². The molecule has 3 rings (SSSR count). The Morgan fingerprint density at radius 3 is 3.00 bits per heavy atom. The molecule has 1 aromatic heterocycles. The van der Waals surface area contributed by atoms with Crippen LogP contribution in [0.15, 0.2) is 41.4 Å². The van der Waals surface area contributed by atoms with Crippen LogP contribution in [-0.2, 0) is 18.6 Å².